The van der Waals surface area contributed by atoms with Gasteiger partial charge in [-0.05, 0) is 42.0 Å². The molecule has 0 saturated carbocycles. The van der Waals surface area contributed by atoms with Gasteiger partial charge in [0.2, 0.25) is 0 Å². The number of imidazole rings is 2. The molecule has 0 unspecified atom stereocenters. The number of morpholine rings is 1. The van der Waals surface area contributed by atoms with E-state index in [2.05, 4.69) is 44.7 Å². The Balaban J connectivity index is 1.40. The number of hydrogen-bond acceptors (Lipinski definition) is 5. The number of methoxy groups -OCH3 is 1. The summed E-state index contributed by atoms with van der Waals surface area (Å²) in [7, 11) is 3.75. The summed E-state index contributed by atoms with van der Waals surface area (Å²) in [5.74, 6) is 2.80. The second kappa shape index (κ2) is 7.93. The van der Waals surface area contributed by atoms with Crippen LogP contribution in [0.3, 0.4) is 0 Å². The number of fused-ring (bicyclic) bond motifs is 1. The summed E-state index contributed by atoms with van der Waals surface area (Å²) < 4.78 is 13.2. The average Bonchev–Trinajstić information content (AvgIpc) is 3.40. The minimum Gasteiger partial charge on any atom is -0.497 e. The van der Waals surface area contributed by atoms with Gasteiger partial charge in [0.05, 0.1) is 55.8 Å². The van der Waals surface area contributed by atoms with Crippen LogP contribution < -0.4 is 4.74 Å². The highest BCUT2D eigenvalue weighted by Crippen LogP contribution is 2.28. The van der Waals surface area contributed by atoms with Gasteiger partial charge in [0.15, 0.2) is 0 Å². The summed E-state index contributed by atoms with van der Waals surface area (Å²) in [6.07, 6.45) is 1.89. The molecule has 1 aliphatic heterocycles. The third kappa shape index (κ3) is 3.46. The Labute approximate surface area is 175 Å². The summed E-state index contributed by atoms with van der Waals surface area (Å²) in [5, 5.41) is 0. The number of H-pyrrole nitrogens is 1. The van der Waals surface area contributed by atoms with Gasteiger partial charge in [0.25, 0.3) is 0 Å². The summed E-state index contributed by atoms with van der Waals surface area (Å²) in [4.78, 5) is 15.4. The fraction of sp³-hybridized carbons (Fsp3) is 0.304. The van der Waals surface area contributed by atoms with E-state index in [4.69, 9.17) is 14.5 Å². The van der Waals surface area contributed by atoms with Crippen LogP contribution in [-0.2, 0) is 18.3 Å². The molecule has 0 aliphatic carbocycles. The van der Waals surface area contributed by atoms with E-state index >= 15 is 0 Å². The second-order valence-corrected chi connectivity index (χ2v) is 7.55. The molecule has 2 aromatic heterocycles. The minimum absolute atomic E-state index is 0.0607. The van der Waals surface area contributed by atoms with Crippen molar-refractivity contribution in [1.29, 1.82) is 0 Å². The van der Waals surface area contributed by atoms with Crippen LogP contribution >= 0.6 is 0 Å². The summed E-state index contributed by atoms with van der Waals surface area (Å²) in [6, 6.07) is 16.3. The molecule has 4 aromatic rings. The zero-order valence-corrected chi connectivity index (χ0v) is 17.2. The van der Waals surface area contributed by atoms with Gasteiger partial charge in [-0.3, -0.25) is 4.90 Å². The number of aromatic nitrogens is 4. The van der Waals surface area contributed by atoms with Crippen LogP contribution in [0, 0.1) is 0 Å². The fourth-order valence-electron chi connectivity index (χ4n) is 4.02. The molecule has 7 heteroatoms. The van der Waals surface area contributed by atoms with Gasteiger partial charge >= 0.3 is 0 Å². The van der Waals surface area contributed by atoms with Crippen molar-refractivity contribution in [3.63, 3.8) is 0 Å². The standard InChI is InChI=1S/C23H25N5O2/c1-27-20-6-4-3-5-18(20)25-22(27)14-28-11-12-30-15-21(28)23-24-13-19(26-23)16-7-9-17(29-2)10-8-16/h3-10,13,21H,11-12,14-15H2,1-2H3,(H,24,26)/t21-/m0/s1. The average molecular weight is 403 g/mol. The van der Waals surface area contributed by atoms with Crippen molar-refractivity contribution in [1.82, 2.24) is 24.4 Å². The molecule has 0 bridgehead atoms. The van der Waals surface area contributed by atoms with E-state index in [0.29, 0.717) is 13.2 Å². The Morgan fingerprint density at radius 3 is 2.80 bits per heavy atom. The van der Waals surface area contributed by atoms with E-state index < -0.39 is 0 Å². The first-order chi connectivity index (χ1) is 14.7. The molecule has 1 atom stereocenters. The first-order valence-corrected chi connectivity index (χ1v) is 10.1. The monoisotopic (exact) mass is 403 g/mol. The number of ether oxygens (including phenoxy) is 2. The van der Waals surface area contributed by atoms with Crippen LogP contribution in [0.25, 0.3) is 22.3 Å². The molecule has 5 rings (SSSR count). The zero-order valence-electron chi connectivity index (χ0n) is 17.2. The molecule has 1 fully saturated rings. The Morgan fingerprint density at radius 1 is 1.17 bits per heavy atom. The van der Waals surface area contributed by atoms with E-state index in [1.807, 2.05) is 36.5 Å². The Kier molecular flexibility index (Phi) is 4.98. The number of nitrogens with zero attached hydrogens (tertiary/aromatic N) is 4. The lowest BCUT2D eigenvalue weighted by Gasteiger charge is -2.34. The maximum atomic E-state index is 5.79. The number of aromatic amines is 1. The van der Waals surface area contributed by atoms with Crippen LogP contribution in [0.5, 0.6) is 5.75 Å². The molecule has 0 spiro atoms. The minimum atomic E-state index is 0.0607. The SMILES string of the molecule is COc1ccc(-c2cnc([C@@H]3COCCN3Cc3nc4ccccc4n3C)[nH]2)cc1. The summed E-state index contributed by atoms with van der Waals surface area (Å²) in [6.45, 7) is 2.91. The largest absolute Gasteiger partial charge is 0.497 e. The van der Waals surface area contributed by atoms with Gasteiger partial charge in [-0.25, -0.2) is 9.97 Å². The van der Waals surface area contributed by atoms with Crippen molar-refractivity contribution in [2.45, 2.75) is 12.6 Å². The molecule has 7 nitrogen and oxygen atoms in total. The van der Waals surface area contributed by atoms with Crippen molar-refractivity contribution < 1.29 is 9.47 Å². The van der Waals surface area contributed by atoms with Crippen molar-refractivity contribution in [2.24, 2.45) is 7.05 Å². The Hall–Kier alpha value is -3.16. The lowest BCUT2D eigenvalue weighted by molar-refractivity contribution is -0.0170. The maximum absolute atomic E-state index is 5.79. The van der Waals surface area contributed by atoms with Gasteiger partial charge < -0.3 is 19.0 Å². The molecule has 1 N–H and O–H groups in total. The lowest BCUT2D eigenvalue weighted by Crippen LogP contribution is -2.40. The molecular formula is C23H25N5O2. The summed E-state index contributed by atoms with van der Waals surface area (Å²) in [5.41, 5.74) is 4.24. The van der Waals surface area contributed by atoms with Crippen molar-refractivity contribution in [3.05, 3.63) is 66.4 Å². The van der Waals surface area contributed by atoms with E-state index in [1.165, 1.54) is 0 Å². The number of para-hydroxylation sites is 2. The topological polar surface area (TPSA) is 68.2 Å². The number of nitrogens with one attached hydrogen (secondary N) is 1. The highest BCUT2D eigenvalue weighted by atomic mass is 16.5. The molecule has 3 heterocycles. The predicted octanol–water partition coefficient (Wildman–Crippen LogP) is 3.55. The summed E-state index contributed by atoms with van der Waals surface area (Å²) >= 11 is 0. The third-order valence-corrected chi connectivity index (χ3v) is 5.78. The van der Waals surface area contributed by atoms with Crippen molar-refractivity contribution >= 4 is 11.0 Å². The number of hydrogen-bond donors (Lipinski definition) is 1. The van der Waals surface area contributed by atoms with Crippen LogP contribution in [-0.4, -0.2) is 51.3 Å². The molecule has 154 valence electrons. The number of rotatable bonds is 5. The quantitative estimate of drug-likeness (QED) is 0.552. The first-order valence-electron chi connectivity index (χ1n) is 10.1. The van der Waals surface area contributed by atoms with Crippen LogP contribution in [0.1, 0.15) is 17.7 Å². The zero-order chi connectivity index (χ0) is 20.5. The molecule has 30 heavy (non-hydrogen) atoms. The van der Waals surface area contributed by atoms with E-state index in [9.17, 15) is 0 Å². The fourth-order valence-corrected chi connectivity index (χ4v) is 4.02. The Bertz CT molecular complexity index is 1150. The lowest BCUT2D eigenvalue weighted by atomic mass is 10.1. The highest BCUT2D eigenvalue weighted by molar-refractivity contribution is 5.75. The third-order valence-electron chi connectivity index (χ3n) is 5.78. The van der Waals surface area contributed by atoms with Gasteiger partial charge in [0, 0.05) is 13.6 Å². The first kappa shape index (κ1) is 18.8. The van der Waals surface area contributed by atoms with Crippen molar-refractivity contribution in [3.8, 4) is 17.0 Å². The van der Waals surface area contributed by atoms with E-state index in [-0.39, 0.29) is 6.04 Å². The predicted molar refractivity (Wildman–Crippen MR) is 115 cm³/mol. The van der Waals surface area contributed by atoms with Crippen molar-refractivity contribution in [2.75, 3.05) is 26.9 Å². The van der Waals surface area contributed by atoms with E-state index in [1.54, 1.807) is 7.11 Å². The smallest absolute Gasteiger partial charge is 0.126 e. The molecule has 2 aromatic carbocycles. The van der Waals surface area contributed by atoms with Crippen LogP contribution in [0.15, 0.2) is 54.7 Å². The highest BCUT2D eigenvalue weighted by Gasteiger charge is 2.28. The van der Waals surface area contributed by atoms with Gasteiger partial charge in [-0.2, -0.15) is 0 Å². The number of benzene rings is 2. The molecular weight excluding hydrogens is 378 g/mol. The molecule has 1 saturated heterocycles. The molecule has 0 radical (unpaired) electrons. The van der Waals surface area contributed by atoms with Crippen LogP contribution in [0.4, 0.5) is 0 Å². The van der Waals surface area contributed by atoms with Gasteiger partial charge in [0.1, 0.15) is 17.4 Å². The molecule has 1 aliphatic rings. The van der Waals surface area contributed by atoms with E-state index in [0.717, 1.165) is 52.8 Å². The van der Waals surface area contributed by atoms with Crippen LogP contribution in [0.2, 0.25) is 0 Å². The number of aryl methyl sites for hydroxylation is 1. The second-order valence-electron chi connectivity index (χ2n) is 7.55. The molecule has 0 amide bonds. The van der Waals surface area contributed by atoms with Gasteiger partial charge in [-0.15, -0.1) is 0 Å². The normalized spacial score (nSPS) is 17.5. The maximum Gasteiger partial charge on any atom is 0.126 e. The van der Waals surface area contributed by atoms with Gasteiger partial charge in [-0.1, -0.05) is 12.1 Å². The Morgan fingerprint density at radius 2 is 2.00 bits per heavy atom.